The molecule has 0 N–H and O–H groups in total. The van der Waals surface area contributed by atoms with Gasteiger partial charge in [-0.05, 0) is 48.0 Å². The number of halogens is 1. The molecule has 0 aliphatic rings. The van der Waals surface area contributed by atoms with Crippen molar-refractivity contribution >= 4 is 56.0 Å². The van der Waals surface area contributed by atoms with Gasteiger partial charge in [0.05, 0.1) is 23.4 Å². The summed E-state index contributed by atoms with van der Waals surface area (Å²) in [7, 11) is 1.65. The fourth-order valence-electron chi connectivity index (χ4n) is 3.02. The molecular formula is C23H20ClN3O2S2. The van der Waals surface area contributed by atoms with E-state index in [0.717, 1.165) is 26.4 Å². The normalized spacial score (nSPS) is 10.9. The number of hydrogen-bond acceptors (Lipinski definition) is 6. The molecule has 158 valence electrons. The highest BCUT2D eigenvalue weighted by molar-refractivity contribution is 7.99. The molecule has 0 atom stereocenters. The van der Waals surface area contributed by atoms with E-state index in [4.69, 9.17) is 16.3 Å². The molecule has 2 aromatic heterocycles. The number of pyridine rings is 1. The minimum atomic E-state index is 0.0139. The van der Waals surface area contributed by atoms with Gasteiger partial charge in [0.2, 0.25) is 5.91 Å². The van der Waals surface area contributed by atoms with Crippen molar-refractivity contribution in [3.05, 3.63) is 77.6 Å². The molecule has 31 heavy (non-hydrogen) atoms. The van der Waals surface area contributed by atoms with E-state index in [1.807, 2.05) is 54.6 Å². The molecule has 0 aliphatic heterocycles. The Bertz CT molecular complexity index is 1170. The molecular weight excluding hydrogens is 450 g/mol. The van der Waals surface area contributed by atoms with Crippen LogP contribution in [-0.2, 0) is 11.3 Å². The number of hydrogen-bond donors (Lipinski definition) is 0. The first-order valence-corrected chi connectivity index (χ1v) is 11.8. The first kappa shape index (κ1) is 21.6. The van der Waals surface area contributed by atoms with Gasteiger partial charge in [-0.15, -0.1) is 11.8 Å². The lowest BCUT2D eigenvalue weighted by atomic mass is 10.2. The van der Waals surface area contributed by atoms with E-state index in [-0.39, 0.29) is 5.91 Å². The lowest BCUT2D eigenvalue weighted by Gasteiger charge is -2.20. The van der Waals surface area contributed by atoms with Crippen LogP contribution in [0.4, 0.5) is 5.13 Å². The summed E-state index contributed by atoms with van der Waals surface area (Å²) in [6.07, 6.45) is 3.88. The summed E-state index contributed by atoms with van der Waals surface area (Å²) < 4.78 is 6.15. The molecule has 0 fully saturated rings. The summed E-state index contributed by atoms with van der Waals surface area (Å²) in [6, 6.07) is 17.3. The maximum atomic E-state index is 13.2. The van der Waals surface area contributed by atoms with E-state index >= 15 is 0 Å². The number of aromatic nitrogens is 2. The van der Waals surface area contributed by atoms with Crippen LogP contribution in [0.15, 0.2) is 71.9 Å². The van der Waals surface area contributed by atoms with E-state index in [1.165, 1.54) is 11.3 Å². The maximum Gasteiger partial charge on any atom is 0.229 e. The third kappa shape index (κ3) is 5.36. The van der Waals surface area contributed by atoms with Gasteiger partial charge in [0, 0.05) is 29.5 Å². The highest BCUT2D eigenvalue weighted by Crippen LogP contribution is 2.34. The van der Waals surface area contributed by atoms with Crippen molar-refractivity contribution in [2.75, 3.05) is 17.8 Å². The summed E-state index contributed by atoms with van der Waals surface area (Å²) in [4.78, 5) is 24.9. The molecule has 2 aromatic carbocycles. The molecule has 2 heterocycles. The van der Waals surface area contributed by atoms with E-state index in [1.54, 1.807) is 36.2 Å². The van der Waals surface area contributed by atoms with Crippen molar-refractivity contribution in [1.82, 2.24) is 9.97 Å². The van der Waals surface area contributed by atoms with Gasteiger partial charge in [0.1, 0.15) is 11.3 Å². The highest BCUT2D eigenvalue weighted by atomic mass is 35.5. The van der Waals surface area contributed by atoms with Crippen LogP contribution < -0.4 is 9.64 Å². The number of para-hydroxylation sites is 1. The Labute approximate surface area is 194 Å². The first-order chi connectivity index (χ1) is 15.1. The SMILES string of the molecule is COc1ccc(SCCC(=O)N(Cc2cccnc2)c2nc3c(Cl)cccc3s2)cc1. The molecule has 4 aromatic rings. The number of anilines is 1. The average molecular weight is 470 g/mol. The molecule has 5 nitrogen and oxygen atoms in total. The van der Waals surface area contributed by atoms with Crippen LogP contribution in [0.5, 0.6) is 5.75 Å². The number of fused-ring (bicyclic) bond motifs is 1. The Kier molecular flexibility index (Phi) is 7.06. The van der Waals surface area contributed by atoms with Crippen molar-refractivity contribution in [3.63, 3.8) is 0 Å². The van der Waals surface area contributed by atoms with Gasteiger partial charge in [-0.2, -0.15) is 0 Å². The molecule has 1 amide bonds. The van der Waals surface area contributed by atoms with Crippen molar-refractivity contribution in [1.29, 1.82) is 0 Å². The smallest absolute Gasteiger partial charge is 0.229 e. The molecule has 8 heteroatoms. The van der Waals surface area contributed by atoms with E-state index in [9.17, 15) is 4.79 Å². The van der Waals surface area contributed by atoms with Crippen molar-refractivity contribution in [3.8, 4) is 5.75 Å². The second-order valence-corrected chi connectivity index (χ2v) is 9.28. The molecule has 0 unspecified atom stereocenters. The van der Waals surface area contributed by atoms with Gasteiger partial charge in [0.25, 0.3) is 0 Å². The minimum absolute atomic E-state index is 0.0139. The van der Waals surface area contributed by atoms with Gasteiger partial charge in [-0.1, -0.05) is 35.1 Å². The molecule has 0 saturated carbocycles. The fraction of sp³-hybridized carbons (Fsp3) is 0.174. The van der Waals surface area contributed by atoms with Crippen LogP contribution in [-0.4, -0.2) is 28.7 Å². The number of thioether (sulfide) groups is 1. The standard InChI is InChI=1S/C23H20ClN3O2S2/c1-29-17-7-9-18(10-8-17)30-13-11-21(28)27(15-16-4-3-12-25-14-16)23-26-22-19(24)5-2-6-20(22)31-23/h2-10,12,14H,11,13,15H2,1H3. The van der Waals surface area contributed by atoms with Crippen LogP contribution in [0.3, 0.4) is 0 Å². The summed E-state index contributed by atoms with van der Waals surface area (Å²) in [6.45, 7) is 0.414. The lowest BCUT2D eigenvalue weighted by molar-refractivity contribution is -0.118. The Balaban J connectivity index is 1.51. The van der Waals surface area contributed by atoms with Crippen molar-refractivity contribution in [2.45, 2.75) is 17.9 Å². The van der Waals surface area contributed by atoms with Gasteiger partial charge in [-0.3, -0.25) is 14.7 Å². The van der Waals surface area contributed by atoms with Crippen LogP contribution in [0.1, 0.15) is 12.0 Å². The average Bonchev–Trinajstić information content (AvgIpc) is 3.24. The number of benzene rings is 2. The Morgan fingerprint density at radius 2 is 2.00 bits per heavy atom. The molecule has 0 bridgehead atoms. The summed E-state index contributed by atoms with van der Waals surface area (Å²) >= 11 is 9.42. The third-order valence-corrected chi connectivity index (χ3v) is 6.96. The van der Waals surface area contributed by atoms with Crippen molar-refractivity contribution in [2.24, 2.45) is 0 Å². The maximum absolute atomic E-state index is 13.2. The minimum Gasteiger partial charge on any atom is -0.497 e. The monoisotopic (exact) mass is 469 g/mol. The highest BCUT2D eigenvalue weighted by Gasteiger charge is 2.21. The van der Waals surface area contributed by atoms with Crippen LogP contribution in [0.25, 0.3) is 10.2 Å². The molecule has 0 radical (unpaired) electrons. The number of carbonyl (C=O) groups is 1. The number of carbonyl (C=O) groups excluding carboxylic acids is 1. The Morgan fingerprint density at radius 1 is 1.16 bits per heavy atom. The second kappa shape index (κ2) is 10.1. The van der Waals surface area contributed by atoms with Gasteiger partial charge in [-0.25, -0.2) is 4.98 Å². The summed E-state index contributed by atoms with van der Waals surface area (Å²) in [5, 5.41) is 1.23. The quantitative estimate of drug-likeness (QED) is 0.293. The van der Waals surface area contributed by atoms with Crippen LogP contribution >= 0.6 is 34.7 Å². The van der Waals surface area contributed by atoms with Gasteiger partial charge in [0.15, 0.2) is 5.13 Å². The number of thiazole rings is 1. The molecule has 0 spiro atoms. The topological polar surface area (TPSA) is 55.3 Å². The van der Waals surface area contributed by atoms with E-state index < -0.39 is 0 Å². The van der Waals surface area contributed by atoms with Crippen molar-refractivity contribution < 1.29 is 9.53 Å². The number of methoxy groups -OCH3 is 1. The number of rotatable bonds is 8. The predicted octanol–water partition coefficient (Wildman–Crippen LogP) is 6.07. The van der Waals surface area contributed by atoms with Crippen LogP contribution in [0.2, 0.25) is 5.02 Å². The van der Waals surface area contributed by atoms with Crippen LogP contribution in [0, 0.1) is 0 Å². The predicted molar refractivity (Wildman–Crippen MR) is 128 cm³/mol. The number of nitrogens with zero attached hydrogens (tertiary/aromatic N) is 3. The van der Waals surface area contributed by atoms with E-state index in [0.29, 0.717) is 28.9 Å². The third-order valence-electron chi connectivity index (χ3n) is 4.60. The first-order valence-electron chi connectivity index (χ1n) is 9.65. The number of ether oxygens (including phenoxy) is 1. The molecule has 0 aliphatic carbocycles. The second-order valence-electron chi connectivity index (χ2n) is 6.70. The molecule has 0 saturated heterocycles. The summed E-state index contributed by atoms with van der Waals surface area (Å²) in [5.74, 6) is 1.50. The zero-order valence-electron chi connectivity index (χ0n) is 16.8. The van der Waals surface area contributed by atoms with Gasteiger partial charge >= 0.3 is 0 Å². The van der Waals surface area contributed by atoms with E-state index in [2.05, 4.69) is 9.97 Å². The summed E-state index contributed by atoms with van der Waals surface area (Å²) in [5.41, 5.74) is 1.67. The van der Waals surface area contributed by atoms with Gasteiger partial charge < -0.3 is 4.74 Å². The largest absolute Gasteiger partial charge is 0.497 e. The Hall–Kier alpha value is -2.61. The number of amides is 1. The zero-order chi connectivity index (χ0) is 21.6. The Morgan fingerprint density at radius 3 is 2.71 bits per heavy atom. The zero-order valence-corrected chi connectivity index (χ0v) is 19.2. The fourth-order valence-corrected chi connectivity index (χ4v) is 5.14. The molecule has 4 rings (SSSR count). The lowest BCUT2D eigenvalue weighted by Crippen LogP contribution is -2.30.